The summed E-state index contributed by atoms with van der Waals surface area (Å²) in [7, 11) is 0. The Labute approximate surface area is 326 Å². The molecule has 3 aromatic heterocycles. The van der Waals surface area contributed by atoms with Crippen molar-refractivity contribution in [3.8, 4) is 28.3 Å². The minimum Gasteiger partial charge on any atom is 0 e. The van der Waals surface area contributed by atoms with E-state index in [2.05, 4.69) is 152 Å². The Morgan fingerprint density at radius 2 is 1.47 bits per heavy atom. The van der Waals surface area contributed by atoms with Crippen molar-refractivity contribution < 1.29 is 24.2 Å². The minimum atomic E-state index is -1.86. The first-order chi connectivity index (χ1) is 25.3. The van der Waals surface area contributed by atoms with Crippen LogP contribution in [0, 0.1) is 12.1 Å². The molecule has 8 rings (SSSR count). The predicted octanol–water partition coefficient (Wildman–Crippen LogP) is 12.2. The molecule has 0 spiro atoms. The molecule has 0 aliphatic heterocycles. The Kier molecular flexibility index (Phi) is 9.96. The van der Waals surface area contributed by atoms with E-state index in [1.807, 2.05) is 23.6 Å². The first-order valence-electron chi connectivity index (χ1n) is 18.7. The molecule has 0 saturated heterocycles. The zero-order valence-electron chi connectivity index (χ0n) is 33.1. The summed E-state index contributed by atoms with van der Waals surface area (Å²) in [6, 6.07) is 40.1. The number of pyridine rings is 1. The molecule has 51 heavy (non-hydrogen) atoms. The monoisotopic (exact) mass is 927 g/mol. The summed E-state index contributed by atoms with van der Waals surface area (Å²) in [5.74, 6) is 8.67. The molecule has 0 atom stereocenters. The molecule has 1 radical (unpaired) electrons. The van der Waals surface area contributed by atoms with Gasteiger partial charge in [0.1, 0.15) is 0 Å². The number of hydrogen-bond donors (Lipinski definition) is 0. The average molecular weight is 926 g/mol. The third-order valence-corrected chi connectivity index (χ3v) is 14.5. The molecule has 6 heteroatoms. The van der Waals surface area contributed by atoms with Gasteiger partial charge < -0.3 is 4.57 Å². The van der Waals surface area contributed by atoms with Crippen LogP contribution in [0.15, 0.2) is 121 Å². The van der Waals surface area contributed by atoms with Crippen LogP contribution >= 0.6 is 11.3 Å². The average Bonchev–Trinajstić information content (AvgIpc) is 3.71. The molecule has 0 aliphatic rings. The number of fused-ring (bicyclic) bond motifs is 4. The van der Waals surface area contributed by atoms with Crippen LogP contribution in [0.1, 0.15) is 54.8 Å². The summed E-state index contributed by atoms with van der Waals surface area (Å²) < 4.78 is 29.0. The largest absolute Gasteiger partial charge is 0 e. The number of aromatic nitrogens is 3. The van der Waals surface area contributed by atoms with Gasteiger partial charge in [-0.3, -0.25) is 4.98 Å². The van der Waals surface area contributed by atoms with Gasteiger partial charge in [0.05, 0.1) is 16.9 Å². The second-order valence-electron chi connectivity index (χ2n) is 14.3. The van der Waals surface area contributed by atoms with Crippen LogP contribution in [0.3, 0.4) is 0 Å². The summed E-state index contributed by atoms with van der Waals surface area (Å²) >= 11 is -0.0320. The van der Waals surface area contributed by atoms with Crippen molar-refractivity contribution >= 4 is 60.2 Å². The van der Waals surface area contributed by atoms with E-state index in [0.717, 1.165) is 22.4 Å². The first kappa shape index (κ1) is 33.0. The second kappa shape index (κ2) is 15.4. The Morgan fingerprint density at radius 1 is 0.745 bits per heavy atom. The van der Waals surface area contributed by atoms with Gasteiger partial charge in [0.15, 0.2) is 0 Å². The molecular formula is C45H43GeIrN3S-2. The third-order valence-electron chi connectivity index (χ3n) is 9.13. The first-order valence-corrected chi connectivity index (χ1v) is 25.4. The molecule has 3 nitrogen and oxygen atoms in total. The van der Waals surface area contributed by atoms with Crippen molar-refractivity contribution in [2.75, 3.05) is 0 Å². The van der Waals surface area contributed by atoms with Gasteiger partial charge in [0.2, 0.25) is 0 Å². The van der Waals surface area contributed by atoms with E-state index in [1.165, 1.54) is 41.4 Å². The van der Waals surface area contributed by atoms with Crippen molar-refractivity contribution in [1.82, 2.24) is 14.5 Å². The van der Waals surface area contributed by atoms with E-state index in [4.69, 9.17) is 9.10 Å². The maximum absolute atomic E-state index is 7.65. The molecular weight excluding hydrogens is 879 g/mol. The smallest absolute Gasteiger partial charge is 0 e. The standard InChI is InChI=1S/C31H27N2S.C14H16GeN.Ir/c1-19(2)22-11-9-12-23(20(3)4)30(22)33-27-14-7-6-13-26(27)32-31(33)21-16-17-29-25(18-21)24-10-5-8-15-28(24)34-29;1-15(2,3)13-9-10-14(16-11-13)12-7-5-4-6-8-12;/h5-15,17-20H,1-4H3;4-7,9-11H,1-3H3;/q2*-1;/i;4D,5D,6D;. The van der Waals surface area contributed by atoms with Gasteiger partial charge in [0.25, 0.3) is 0 Å². The van der Waals surface area contributed by atoms with Gasteiger partial charge in [0, 0.05) is 30.5 Å². The number of hydrogen-bond acceptors (Lipinski definition) is 3. The van der Waals surface area contributed by atoms with Crippen LogP contribution in [0.25, 0.3) is 59.5 Å². The second-order valence-corrected chi connectivity index (χ2v) is 26.1. The van der Waals surface area contributed by atoms with Crippen LogP contribution in [0.5, 0.6) is 0 Å². The fraction of sp³-hybridized carbons (Fsp3) is 0.200. The Bertz CT molecular complexity index is 2560. The Hall–Kier alpha value is -3.87. The van der Waals surface area contributed by atoms with Crippen molar-refractivity contribution in [3.05, 3.63) is 145 Å². The van der Waals surface area contributed by atoms with Crippen molar-refractivity contribution in [3.63, 3.8) is 0 Å². The van der Waals surface area contributed by atoms with E-state index < -0.39 is 13.3 Å². The van der Waals surface area contributed by atoms with E-state index in [0.29, 0.717) is 23.1 Å². The van der Waals surface area contributed by atoms with E-state index >= 15 is 0 Å². The van der Waals surface area contributed by atoms with E-state index in [-0.39, 0.29) is 38.2 Å². The molecule has 8 aromatic rings. The predicted molar refractivity (Wildman–Crippen MR) is 218 cm³/mol. The molecule has 0 amide bonds. The Balaban J connectivity index is 0.000000213. The number of thiophene rings is 1. The summed E-state index contributed by atoms with van der Waals surface area (Å²) in [5, 5.41) is 2.57. The minimum absolute atomic E-state index is 0. The third kappa shape index (κ3) is 7.54. The number of rotatable bonds is 6. The molecule has 0 saturated carbocycles. The van der Waals surface area contributed by atoms with E-state index in [9.17, 15) is 0 Å². The summed E-state index contributed by atoms with van der Waals surface area (Å²) in [6.45, 7) is 9.10. The zero-order chi connectivity index (χ0) is 37.6. The number of nitrogens with zero attached hydrogens (tertiary/aromatic N) is 3. The van der Waals surface area contributed by atoms with Crippen molar-refractivity contribution in [2.45, 2.75) is 56.8 Å². The molecule has 0 bridgehead atoms. The maximum Gasteiger partial charge on any atom is 0 e. The van der Waals surface area contributed by atoms with Gasteiger partial charge in [-0.2, -0.15) is 11.3 Å². The Morgan fingerprint density at radius 3 is 2.16 bits per heavy atom. The topological polar surface area (TPSA) is 30.7 Å². The van der Waals surface area contributed by atoms with Gasteiger partial charge >= 0.3 is 104 Å². The fourth-order valence-electron chi connectivity index (χ4n) is 6.42. The van der Waals surface area contributed by atoms with Crippen LogP contribution in [0.2, 0.25) is 17.3 Å². The zero-order valence-corrected chi connectivity index (χ0v) is 35.4. The SMILES string of the molecule is CC(C)c1cccc(C(C)C)c1-n1c(-c2[c-]cc3sc4ccccc4c3c2)nc2ccccc21.[2H]c1[c-]c(-c2cc[c]([Ge]([CH3])([CH3])[CH3])cn2)cc([2H])c1[2H].[Ir]. The van der Waals surface area contributed by atoms with Gasteiger partial charge in [-0.1, -0.05) is 81.6 Å². The van der Waals surface area contributed by atoms with E-state index in [1.54, 1.807) is 6.07 Å². The van der Waals surface area contributed by atoms with Crippen LogP contribution < -0.4 is 4.40 Å². The van der Waals surface area contributed by atoms with Gasteiger partial charge in [-0.15, -0.1) is 23.8 Å². The fourth-order valence-corrected chi connectivity index (χ4v) is 9.66. The van der Waals surface area contributed by atoms with Gasteiger partial charge in [-0.25, -0.2) is 0 Å². The van der Waals surface area contributed by atoms with Crippen LogP contribution in [-0.4, -0.2) is 27.8 Å². The number of benzene rings is 5. The van der Waals surface area contributed by atoms with Crippen LogP contribution in [-0.2, 0) is 20.1 Å². The van der Waals surface area contributed by atoms with Crippen molar-refractivity contribution in [1.29, 1.82) is 0 Å². The summed E-state index contributed by atoms with van der Waals surface area (Å²) in [6.07, 6.45) is 1.89. The normalized spacial score (nSPS) is 12.5. The quantitative estimate of drug-likeness (QED) is 0.123. The number of imidazole rings is 1. The molecule has 259 valence electrons. The number of para-hydroxylation sites is 3. The molecule has 0 aliphatic carbocycles. The van der Waals surface area contributed by atoms with Crippen LogP contribution in [0.4, 0.5) is 0 Å². The molecule has 0 N–H and O–H groups in total. The molecule has 0 unspecified atom stereocenters. The molecule has 5 aromatic carbocycles. The molecule has 3 heterocycles. The molecule has 0 fully saturated rings. The summed E-state index contributed by atoms with van der Waals surface area (Å²) in [4.78, 5) is 9.58. The maximum atomic E-state index is 7.65. The summed E-state index contributed by atoms with van der Waals surface area (Å²) in [5.41, 5.74) is 8.44. The van der Waals surface area contributed by atoms with Gasteiger partial charge in [-0.05, 0) is 51.2 Å². The van der Waals surface area contributed by atoms with Crippen molar-refractivity contribution in [2.24, 2.45) is 0 Å².